The van der Waals surface area contributed by atoms with E-state index in [1.54, 1.807) is 30.3 Å². The van der Waals surface area contributed by atoms with Crippen molar-refractivity contribution in [3.63, 3.8) is 0 Å². The Morgan fingerprint density at radius 1 is 1.21 bits per heavy atom. The number of nitrogens with one attached hydrogen (secondary N) is 1. The van der Waals surface area contributed by atoms with Crippen molar-refractivity contribution < 1.29 is 17.9 Å². The minimum atomic E-state index is -4.00. The van der Waals surface area contributed by atoms with Crippen molar-refractivity contribution in [1.82, 2.24) is 10.2 Å². The maximum absolute atomic E-state index is 13.4. The van der Waals surface area contributed by atoms with Crippen LogP contribution < -0.4 is 14.4 Å². The van der Waals surface area contributed by atoms with Crippen LogP contribution in [0.1, 0.15) is 39.0 Å². The zero-order valence-electron chi connectivity index (χ0n) is 19.9. The summed E-state index contributed by atoms with van der Waals surface area (Å²) in [5.41, 5.74) is 0.331. The lowest BCUT2D eigenvalue weighted by molar-refractivity contribution is -0.119. The molecular weight excluding hydrogens is 474 g/mol. The Kier molecular flexibility index (Phi) is 9.62. The third-order valence-corrected chi connectivity index (χ3v) is 8.22. The highest BCUT2D eigenvalue weighted by molar-refractivity contribution is 7.92. The Labute approximate surface area is 208 Å². The second-order valence-corrected chi connectivity index (χ2v) is 10.8. The van der Waals surface area contributed by atoms with E-state index in [4.69, 9.17) is 16.3 Å². The molecule has 0 radical (unpaired) electrons. The lowest BCUT2D eigenvalue weighted by atomic mass is 10.00. The molecule has 3 rings (SSSR count). The quantitative estimate of drug-likeness (QED) is 0.458. The van der Waals surface area contributed by atoms with Gasteiger partial charge in [0.25, 0.3) is 10.0 Å². The van der Waals surface area contributed by atoms with E-state index in [2.05, 4.69) is 17.1 Å². The number of hydrogen-bond acceptors (Lipinski definition) is 5. The van der Waals surface area contributed by atoms with E-state index in [0.29, 0.717) is 29.0 Å². The number of hydrogen-bond donors (Lipinski definition) is 1. The molecule has 0 aromatic heterocycles. The van der Waals surface area contributed by atoms with E-state index < -0.39 is 10.0 Å². The van der Waals surface area contributed by atoms with Gasteiger partial charge < -0.3 is 15.0 Å². The average Bonchev–Trinajstić information content (AvgIpc) is 2.85. The maximum Gasteiger partial charge on any atom is 0.264 e. The van der Waals surface area contributed by atoms with E-state index in [1.165, 1.54) is 44.6 Å². The standard InChI is InChI=1S/C25H34ClN3O4S/c1-3-21-9-4-5-16-28(21)17-7-15-27-25(30)19-29(22-10-6-8-20(26)18-22)34(31,32)24-13-11-23(33-2)12-14-24/h6,8,10-14,18,21H,3-5,7,9,15-17,19H2,1-2H3,(H,27,30). The molecule has 1 unspecified atom stereocenters. The molecule has 0 bridgehead atoms. The Hall–Kier alpha value is -2.29. The van der Waals surface area contributed by atoms with Gasteiger partial charge in [0.2, 0.25) is 5.91 Å². The summed E-state index contributed by atoms with van der Waals surface area (Å²) in [6, 6.07) is 13.2. The number of sulfonamides is 1. The van der Waals surface area contributed by atoms with Crippen LogP contribution in [-0.4, -0.2) is 58.6 Å². The van der Waals surface area contributed by atoms with E-state index in [9.17, 15) is 13.2 Å². The number of nitrogens with zero attached hydrogens (tertiary/aromatic N) is 2. The molecule has 0 saturated carbocycles. The van der Waals surface area contributed by atoms with Gasteiger partial charge in [-0.3, -0.25) is 9.10 Å². The van der Waals surface area contributed by atoms with Crippen molar-refractivity contribution >= 4 is 33.2 Å². The van der Waals surface area contributed by atoms with Gasteiger partial charge in [0.05, 0.1) is 17.7 Å². The van der Waals surface area contributed by atoms with E-state index in [0.717, 1.165) is 30.2 Å². The molecule has 1 atom stereocenters. The second-order valence-electron chi connectivity index (χ2n) is 8.46. The topological polar surface area (TPSA) is 79.0 Å². The number of carbonyl (C=O) groups is 1. The van der Waals surface area contributed by atoms with Gasteiger partial charge in [-0.25, -0.2) is 8.42 Å². The summed E-state index contributed by atoms with van der Waals surface area (Å²) < 4.78 is 33.1. The first-order chi connectivity index (χ1) is 16.3. The molecule has 1 aliphatic heterocycles. The van der Waals surface area contributed by atoms with Gasteiger partial charge in [0.1, 0.15) is 12.3 Å². The molecule has 2 aromatic carbocycles. The van der Waals surface area contributed by atoms with Crippen molar-refractivity contribution in [1.29, 1.82) is 0 Å². The number of ether oxygens (including phenoxy) is 1. The second kappa shape index (κ2) is 12.4. The Balaban J connectivity index is 1.67. The predicted molar refractivity (Wildman–Crippen MR) is 136 cm³/mol. The number of piperidine rings is 1. The van der Waals surface area contributed by atoms with Crippen molar-refractivity contribution in [2.75, 3.05) is 37.6 Å². The number of rotatable bonds is 11. The number of benzene rings is 2. The van der Waals surface area contributed by atoms with E-state index in [1.807, 2.05) is 0 Å². The summed E-state index contributed by atoms with van der Waals surface area (Å²) in [6.45, 7) is 4.42. The summed E-state index contributed by atoms with van der Waals surface area (Å²) in [6.07, 6.45) is 5.71. The lowest BCUT2D eigenvalue weighted by Crippen LogP contribution is -2.43. The molecule has 1 heterocycles. The van der Waals surface area contributed by atoms with Crippen LogP contribution in [0.2, 0.25) is 5.02 Å². The van der Waals surface area contributed by atoms with Crippen molar-refractivity contribution in [3.05, 3.63) is 53.6 Å². The maximum atomic E-state index is 13.4. The molecule has 7 nitrogen and oxygen atoms in total. The van der Waals surface area contributed by atoms with Crippen molar-refractivity contribution in [2.45, 2.75) is 50.0 Å². The Morgan fingerprint density at radius 2 is 1.97 bits per heavy atom. The first-order valence-corrected chi connectivity index (χ1v) is 13.6. The third-order valence-electron chi connectivity index (χ3n) is 6.20. The normalized spacial score (nSPS) is 16.7. The fraction of sp³-hybridized carbons (Fsp3) is 0.480. The molecule has 0 spiro atoms. The SMILES string of the molecule is CCC1CCCCN1CCCNC(=O)CN(c1cccc(Cl)c1)S(=O)(=O)c1ccc(OC)cc1. The Morgan fingerprint density at radius 3 is 2.65 bits per heavy atom. The van der Waals surface area contributed by atoms with Gasteiger partial charge in [-0.1, -0.05) is 31.0 Å². The van der Waals surface area contributed by atoms with Gasteiger partial charge in [-0.05, 0) is 74.7 Å². The number of anilines is 1. The first kappa shape index (κ1) is 26.3. The highest BCUT2D eigenvalue weighted by Gasteiger charge is 2.27. The van der Waals surface area contributed by atoms with E-state index >= 15 is 0 Å². The van der Waals surface area contributed by atoms with Crippen molar-refractivity contribution in [3.8, 4) is 5.75 Å². The number of halogens is 1. The molecule has 0 aliphatic carbocycles. The minimum absolute atomic E-state index is 0.0665. The summed E-state index contributed by atoms with van der Waals surface area (Å²) in [5, 5.41) is 3.28. The summed E-state index contributed by atoms with van der Waals surface area (Å²) in [5.74, 6) is 0.188. The van der Waals surface area contributed by atoms with Crippen LogP contribution in [0.25, 0.3) is 0 Å². The molecule has 1 N–H and O–H groups in total. The van der Waals surface area contributed by atoms with Crippen LogP contribution in [0.5, 0.6) is 5.75 Å². The number of likely N-dealkylation sites (tertiary alicyclic amines) is 1. The van der Waals surface area contributed by atoms with Crippen LogP contribution in [0, 0.1) is 0 Å². The zero-order chi connectivity index (χ0) is 24.6. The van der Waals surface area contributed by atoms with Gasteiger partial charge in [-0.15, -0.1) is 0 Å². The molecule has 2 aromatic rings. The van der Waals surface area contributed by atoms with Crippen LogP contribution in [0.3, 0.4) is 0 Å². The molecule has 1 amide bonds. The molecule has 1 fully saturated rings. The van der Waals surface area contributed by atoms with Crippen LogP contribution in [0.15, 0.2) is 53.4 Å². The summed E-state index contributed by atoms with van der Waals surface area (Å²) in [4.78, 5) is 15.3. The highest BCUT2D eigenvalue weighted by Crippen LogP contribution is 2.27. The number of amides is 1. The monoisotopic (exact) mass is 507 g/mol. The smallest absolute Gasteiger partial charge is 0.264 e. The van der Waals surface area contributed by atoms with Gasteiger partial charge in [0, 0.05) is 24.2 Å². The molecule has 186 valence electrons. The average molecular weight is 508 g/mol. The minimum Gasteiger partial charge on any atom is -0.497 e. The molecule has 34 heavy (non-hydrogen) atoms. The zero-order valence-corrected chi connectivity index (χ0v) is 21.4. The molecule has 9 heteroatoms. The Bertz CT molecular complexity index is 1050. The molecule has 1 saturated heterocycles. The van der Waals surface area contributed by atoms with Crippen LogP contribution in [-0.2, 0) is 14.8 Å². The van der Waals surface area contributed by atoms with Crippen LogP contribution in [0.4, 0.5) is 5.69 Å². The van der Waals surface area contributed by atoms with Gasteiger partial charge >= 0.3 is 0 Å². The van der Waals surface area contributed by atoms with Gasteiger partial charge in [-0.2, -0.15) is 0 Å². The fourth-order valence-corrected chi connectivity index (χ4v) is 5.93. The fourth-order valence-electron chi connectivity index (χ4n) is 4.33. The highest BCUT2D eigenvalue weighted by atomic mass is 35.5. The lowest BCUT2D eigenvalue weighted by Gasteiger charge is -2.35. The molecular formula is C25H34ClN3O4S. The van der Waals surface area contributed by atoms with Crippen molar-refractivity contribution in [2.24, 2.45) is 0 Å². The van der Waals surface area contributed by atoms with Crippen LogP contribution >= 0.6 is 11.6 Å². The van der Waals surface area contributed by atoms with Gasteiger partial charge in [0.15, 0.2) is 0 Å². The third kappa shape index (κ3) is 6.87. The number of methoxy groups -OCH3 is 1. The summed E-state index contributed by atoms with van der Waals surface area (Å²) in [7, 11) is -2.49. The number of carbonyl (C=O) groups excluding carboxylic acids is 1. The van der Waals surface area contributed by atoms with E-state index in [-0.39, 0.29) is 17.3 Å². The summed E-state index contributed by atoms with van der Waals surface area (Å²) >= 11 is 6.12. The first-order valence-electron chi connectivity index (χ1n) is 11.8. The predicted octanol–water partition coefficient (Wildman–Crippen LogP) is 4.31. The molecule has 1 aliphatic rings. The largest absolute Gasteiger partial charge is 0.497 e.